The van der Waals surface area contributed by atoms with Gasteiger partial charge in [0.05, 0.1) is 24.0 Å². The quantitative estimate of drug-likeness (QED) is 0.168. The highest BCUT2D eigenvalue weighted by Crippen LogP contribution is 2.25. The number of allylic oxidation sites excluding steroid dienone is 1. The predicted octanol–water partition coefficient (Wildman–Crippen LogP) is 4.21. The van der Waals surface area contributed by atoms with E-state index in [1.165, 1.54) is 23.1 Å². The first kappa shape index (κ1) is 28.8. The fourth-order valence-electron chi connectivity index (χ4n) is 3.46. The van der Waals surface area contributed by atoms with Gasteiger partial charge in [-0.15, -0.1) is 0 Å². The van der Waals surface area contributed by atoms with Crippen LogP contribution in [0.4, 0.5) is 23.2 Å². The number of likely N-dealkylation sites (N-methyl/N-ethyl adjacent to an activating group) is 1. The third-order valence-electron chi connectivity index (χ3n) is 5.43. The largest absolute Gasteiger partial charge is 0.389 e. The summed E-state index contributed by atoms with van der Waals surface area (Å²) in [7, 11) is 3.25. The first-order valence-corrected chi connectivity index (χ1v) is 11.9. The van der Waals surface area contributed by atoms with Crippen molar-refractivity contribution in [2.45, 2.75) is 44.8 Å². The Bertz CT molecular complexity index is 1410. The second-order valence-electron chi connectivity index (χ2n) is 8.61. The number of halogens is 5. The van der Waals surface area contributed by atoms with Gasteiger partial charge in [-0.1, -0.05) is 17.7 Å². The van der Waals surface area contributed by atoms with Crippen molar-refractivity contribution in [2.24, 2.45) is 0 Å². The molecule has 3 heterocycles. The molecule has 0 bridgehead atoms. The molecule has 0 fully saturated rings. The zero-order valence-electron chi connectivity index (χ0n) is 20.5. The maximum atomic E-state index is 14.3. The summed E-state index contributed by atoms with van der Waals surface area (Å²) in [5, 5.41) is 2.52. The summed E-state index contributed by atoms with van der Waals surface area (Å²) in [4.78, 5) is 48.8. The molecule has 0 aliphatic heterocycles. The van der Waals surface area contributed by atoms with E-state index in [1.807, 2.05) is 0 Å². The summed E-state index contributed by atoms with van der Waals surface area (Å²) in [6.07, 6.45) is -1.15. The summed E-state index contributed by atoms with van der Waals surface area (Å²) in [6.45, 7) is -0.265. The molecule has 0 aromatic carbocycles. The highest BCUT2D eigenvalue weighted by Gasteiger charge is 2.28. The van der Waals surface area contributed by atoms with Gasteiger partial charge in [0.15, 0.2) is 5.82 Å². The van der Waals surface area contributed by atoms with Gasteiger partial charge < -0.3 is 15.2 Å². The van der Waals surface area contributed by atoms with Gasteiger partial charge in [0, 0.05) is 33.4 Å². The van der Waals surface area contributed by atoms with E-state index in [-0.39, 0.29) is 52.3 Å². The molecule has 2 amide bonds. The van der Waals surface area contributed by atoms with Crippen molar-refractivity contribution in [3.05, 3.63) is 63.3 Å². The van der Waals surface area contributed by atoms with E-state index in [2.05, 4.69) is 20.3 Å². The number of anilines is 1. The molecule has 0 unspecified atom stereocenters. The number of aromatic nitrogens is 4. The minimum absolute atomic E-state index is 0.0000402. The van der Waals surface area contributed by atoms with Crippen LogP contribution in [0.1, 0.15) is 37.2 Å². The van der Waals surface area contributed by atoms with Crippen LogP contribution < -0.4 is 10.9 Å². The molecule has 3 aromatic rings. The van der Waals surface area contributed by atoms with E-state index in [4.69, 9.17) is 11.6 Å². The number of alkyl halides is 3. The molecular weight excluding hydrogens is 532 g/mol. The predicted molar refractivity (Wildman–Crippen MR) is 133 cm³/mol. The number of hydrogen-bond donors (Lipinski definition) is 2. The molecule has 0 aliphatic carbocycles. The second kappa shape index (κ2) is 12.2. The van der Waals surface area contributed by atoms with Gasteiger partial charge in [-0.05, 0) is 31.1 Å². The van der Waals surface area contributed by atoms with Crippen LogP contribution in [0.15, 0.2) is 35.3 Å². The summed E-state index contributed by atoms with van der Waals surface area (Å²) in [6, 6.07) is 2.72. The molecule has 0 atom stereocenters. The number of aryl methyl sites for hydroxylation is 1. The third-order valence-corrected chi connectivity index (χ3v) is 5.76. The Morgan fingerprint density at radius 1 is 1.26 bits per heavy atom. The topological polar surface area (TPSA) is 113 Å². The number of aromatic amines is 1. The van der Waals surface area contributed by atoms with E-state index >= 15 is 0 Å². The lowest BCUT2D eigenvalue weighted by Crippen LogP contribution is -2.27. The van der Waals surface area contributed by atoms with Crippen molar-refractivity contribution >= 4 is 40.1 Å². The molecule has 9 nitrogen and oxygen atoms in total. The fraction of sp³-hybridized carbons (Fsp3) is 0.375. The first-order valence-electron chi connectivity index (χ1n) is 11.5. The highest BCUT2D eigenvalue weighted by atomic mass is 35.5. The van der Waals surface area contributed by atoms with Crippen molar-refractivity contribution in [3.8, 4) is 0 Å². The monoisotopic (exact) mass is 556 g/mol. The van der Waals surface area contributed by atoms with E-state index < -0.39 is 36.3 Å². The lowest BCUT2D eigenvalue weighted by molar-refractivity contribution is -0.134. The van der Waals surface area contributed by atoms with Gasteiger partial charge >= 0.3 is 6.18 Å². The number of carbonyl (C=O) groups excluding carboxylic acids is 2. The minimum atomic E-state index is -4.42. The Hall–Kier alpha value is -3.74. The number of nitrogens with zero attached hydrogens (tertiary/aromatic N) is 4. The highest BCUT2D eigenvalue weighted by molar-refractivity contribution is 6.29. The SMILES string of the molecule is CN(C)C(=O)/C=C/CCCC(=O)Nc1ccc(Cl)n(Cc2nc3c(F)cnc(CCC(F)(F)F)c3[nH]2)c1=O. The average molecular weight is 557 g/mol. The molecule has 3 aromatic heterocycles. The Balaban J connectivity index is 1.73. The van der Waals surface area contributed by atoms with Gasteiger partial charge in [-0.2, -0.15) is 13.2 Å². The molecule has 0 spiro atoms. The summed E-state index contributed by atoms with van der Waals surface area (Å²) in [5.74, 6) is -1.36. The summed E-state index contributed by atoms with van der Waals surface area (Å²) < 4.78 is 53.3. The van der Waals surface area contributed by atoms with Crippen molar-refractivity contribution in [1.29, 1.82) is 0 Å². The number of rotatable bonds is 10. The second-order valence-corrected chi connectivity index (χ2v) is 9.00. The molecule has 204 valence electrons. The number of unbranched alkanes of at least 4 members (excludes halogenated alkanes) is 1. The molecule has 14 heteroatoms. The Labute approximate surface area is 219 Å². The Morgan fingerprint density at radius 3 is 2.68 bits per heavy atom. The van der Waals surface area contributed by atoms with E-state index in [0.29, 0.717) is 12.8 Å². The van der Waals surface area contributed by atoms with Gasteiger partial charge in [0.1, 0.15) is 22.2 Å². The smallest absolute Gasteiger partial charge is 0.345 e. The van der Waals surface area contributed by atoms with Crippen LogP contribution in [0, 0.1) is 5.82 Å². The van der Waals surface area contributed by atoms with Crippen molar-refractivity contribution < 1.29 is 27.2 Å². The van der Waals surface area contributed by atoms with Crippen LogP contribution in [0.5, 0.6) is 0 Å². The molecular formula is C24H25ClF4N6O3. The number of amides is 2. The zero-order chi connectivity index (χ0) is 28.0. The van der Waals surface area contributed by atoms with Crippen LogP contribution in [-0.4, -0.2) is 56.5 Å². The van der Waals surface area contributed by atoms with Crippen LogP contribution >= 0.6 is 11.6 Å². The van der Waals surface area contributed by atoms with E-state index in [0.717, 1.165) is 10.8 Å². The number of H-pyrrole nitrogens is 1. The molecule has 38 heavy (non-hydrogen) atoms. The fourth-order valence-corrected chi connectivity index (χ4v) is 3.66. The molecule has 0 radical (unpaired) electrons. The van der Waals surface area contributed by atoms with Crippen LogP contribution in [0.25, 0.3) is 11.0 Å². The average Bonchev–Trinajstić information content (AvgIpc) is 3.27. The van der Waals surface area contributed by atoms with Gasteiger partial charge in [-0.25, -0.2) is 9.37 Å². The molecule has 0 aliphatic rings. The van der Waals surface area contributed by atoms with Crippen molar-refractivity contribution in [3.63, 3.8) is 0 Å². The minimum Gasteiger partial charge on any atom is -0.345 e. The number of fused-ring (bicyclic) bond motifs is 1. The van der Waals surface area contributed by atoms with Crippen LogP contribution in [0.2, 0.25) is 5.15 Å². The number of nitrogens with one attached hydrogen (secondary N) is 2. The normalized spacial score (nSPS) is 11.9. The number of imidazole rings is 1. The molecule has 3 rings (SSSR count). The van der Waals surface area contributed by atoms with Crippen molar-refractivity contribution in [2.75, 3.05) is 19.4 Å². The molecule has 0 saturated heterocycles. The lowest BCUT2D eigenvalue weighted by Gasteiger charge is -2.10. The standard InChI is InChI=1S/C24H25ClF4N6O3/c1-34(2)20(37)7-5-3-4-6-19(36)31-16-8-9-17(25)35(23(16)38)13-18-32-21-14(26)12-30-15(22(21)33-18)10-11-24(27,28)29/h5,7-9,12H,3-4,6,10-11,13H2,1-2H3,(H,31,36)(H,32,33)/b7-5+. The summed E-state index contributed by atoms with van der Waals surface area (Å²) >= 11 is 6.17. The lowest BCUT2D eigenvalue weighted by atomic mass is 10.2. The number of pyridine rings is 2. The molecule has 2 N–H and O–H groups in total. The molecule has 0 saturated carbocycles. The van der Waals surface area contributed by atoms with Gasteiger partial charge in [-0.3, -0.25) is 23.9 Å². The van der Waals surface area contributed by atoms with Gasteiger partial charge in [0.25, 0.3) is 5.56 Å². The number of carbonyl (C=O) groups is 2. The van der Waals surface area contributed by atoms with Crippen molar-refractivity contribution in [1.82, 2.24) is 24.4 Å². The van der Waals surface area contributed by atoms with Crippen LogP contribution in [-0.2, 0) is 22.6 Å². The van der Waals surface area contributed by atoms with Gasteiger partial charge in [0.2, 0.25) is 11.8 Å². The van der Waals surface area contributed by atoms with E-state index in [9.17, 15) is 31.9 Å². The first-order chi connectivity index (χ1) is 17.9. The van der Waals surface area contributed by atoms with E-state index in [1.54, 1.807) is 20.2 Å². The number of hydrogen-bond acceptors (Lipinski definition) is 5. The zero-order valence-corrected chi connectivity index (χ0v) is 21.3. The maximum Gasteiger partial charge on any atom is 0.389 e. The Kier molecular flexibility index (Phi) is 9.26. The maximum absolute atomic E-state index is 14.3. The Morgan fingerprint density at radius 2 is 2.00 bits per heavy atom. The van der Waals surface area contributed by atoms with Crippen LogP contribution in [0.3, 0.4) is 0 Å². The summed E-state index contributed by atoms with van der Waals surface area (Å²) in [5.41, 5.74) is -0.926. The third kappa shape index (κ3) is 7.63.